The topological polar surface area (TPSA) is 88.1 Å². The van der Waals surface area contributed by atoms with Gasteiger partial charge >= 0.3 is 6.09 Å². The Morgan fingerprint density at radius 3 is 2.20 bits per heavy atom. The molecule has 1 aliphatic heterocycles. The summed E-state index contributed by atoms with van der Waals surface area (Å²) in [5, 5.41) is 10.4. The van der Waals surface area contributed by atoms with Crippen molar-refractivity contribution in [3.63, 3.8) is 0 Å². The molecule has 1 aromatic rings. The van der Waals surface area contributed by atoms with Gasteiger partial charge in [0.2, 0.25) is 0 Å². The van der Waals surface area contributed by atoms with E-state index >= 15 is 0 Å². The smallest absolute Gasteiger partial charge is 0.410 e. The fourth-order valence-electron chi connectivity index (χ4n) is 2.43. The Kier molecular flexibility index (Phi) is 6.12. The van der Waals surface area contributed by atoms with E-state index < -0.39 is 18.2 Å². The van der Waals surface area contributed by atoms with Crippen LogP contribution in [0.2, 0.25) is 0 Å². The summed E-state index contributed by atoms with van der Waals surface area (Å²) in [4.78, 5) is 24.1. The maximum atomic E-state index is 12.0. The monoisotopic (exact) mass is 350 g/mol. The van der Waals surface area contributed by atoms with Crippen molar-refractivity contribution in [3.8, 4) is 11.5 Å². The van der Waals surface area contributed by atoms with Gasteiger partial charge in [-0.3, -0.25) is 0 Å². The van der Waals surface area contributed by atoms with Gasteiger partial charge in [-0.25, -0.2) is 4.79 Å². The van der Waals surface area contributed by atoms with Crippen molar-refractivity contribution in [3.05, 3.63) is 24.3 Å². The van der Waals surface area contributed by atoms with Crippen molar-refractivity contribution in [2.75, 3.05) is 19.7 Å². The van der Waals surface area contributed by atoms with E-state index in [0.717, 1.165) is 12.8 Å². The van der Waals surface area contributed by atoms with Gasteiger partial charge in [-0.15, -0.1) is 0 Å². The van der Waals surface area contributed by atoms with Crippen LogP contribution >= 0.6 is 0 Å². The van der Waals surface area contributed by atoms with Gasteiger partial charge in [0.05, 0.1) is 5.97 Å². The Balaban J connectivity index is 1.78. The molecule has 0 radical (unpaired) electrons. The number of carboxylic acids is 1. The Bertz CT molecular complexity index is 585. The Labute approximate surface area is 147 Å². The molecule has 7 heteroatoms. The summed E-state index contributed by atoms with van der Waals surface area (Å²) < 4.78 is 16.3. The molecule has 0 spiro atoms. The van der Waals surface area contributed by atoms with Crippen molar-refractivity contribution in [1.82, 2.24) is 4.90 Å². The summed E-state index contributed by atoms with van der Waals surface area (Å²) in [6.07, 6.45) is 1.18. The van der Waals surface area contributed by atoms with E-state index in [2.05, 4.69) is 0 Å². The maximum absolute atomic E-state index is 12.0. The second-order valence-corrected chi connectivity index (χ2v) is 6.92. The third-order valence-corrected chi connectivity index (χ3v) is 3.58. The molecule has 7 nitrogen and oxygen atoms in total. The first kappa shape index (κ1) is 18.9. The fourth-order valence-corrected chi connectivity index (χ4v) is 2.43. The summed E-state index contributed by atoms with van der Waals surface area (Å²) >= 11 is 0. The number of nitrogens with zero attached hydrogens (tertiary/aromatic N) is 1. The van der Waals surface area contributed by atoms with E-state index in [-0.39, 0.29) is 12.2 Å². The van der Waals surface area contributed by atoms with E-state index in [0.29, 0.717) is 24.6 Å². The van der Waals surface area contributed by atoms with Gasteiger partial charge < -0.3 is 29.0 Å². The maximum Gasteiger partial charge on any atom is 0.410 e. The highest BCUT2D eigenvalue weighted by atomic mass is 16.6. The number of hydrogen-bond donors (Lipinski definition) is 0. The minimum absolute atomic E-state index is 0.0219. The number of hydrogen-bond acceptors (Lipinski definition) is 6. The summed E-state index contributed by atoms with van der Waals surface area (Å²) in [5.41, 5.74) is -0.495. The number of carboxylic acid groups (broad SMARTS) is 1. The first-order valence-corrected chi connectivity index (χ1v) is 8.30. The summed E-state index contributed by atoms with van der Waals surface area (Å²) in [7, 11) is 0. The SMILES string of the molecule is CC(C)(C)OC(=O)N1CCC(Oc2ccc(OCC(=O)[O-])cc2)CC1. The number of benzene rings is 1. The lowest BCUT2D eigenvalue weighted by Crippen LogP contribution is -2.44. The molecule has 1 heterocycles. The third-order valence-electron chi connectivity index (χ3n) is 3.58. The predicted molar refractivity (Wildman–Crippen MR) is 88.4 cm³/mol. The Morgan fingerprint density at radius 1 is 1.12 bits per heavy atom. The molecular formula is C18H24NO6-. The number of likely N-dealkylation sites (tertiary alicyclic amines) is 1. The average molecular weight is 350 g/mol. The number of aliphatic carboxylic acids is 1. The molecule has 0 aliphatic carbocycles. The molecule has 1 amide bonds. The Morgan fingerprint density at radius 2 is 1.68 bits per heavy atom. The van der Waals surface area contributed by atoms with Crippen LogP contribution in [0.5, 0.6) is 11.5 Å². The lowest BCUT2D eigenvalue weighted by molar-refractivity contribution is -0.307. The lowest BCUT2D eigenvalue weighted by atomic mass is 10.1. The number of amides is 1. The summed E-state index contributed by atoms with van der Waals surface area (Å²) in [6, 6.07) is 6.75. The van der Waals surface area contributed by atoms with Crippen molar-refractivity contribution >= 4 is 12.1 Å². The van der Waals surface area contributed by atoms with Crippen LogP contribution in [0.4, 0.5) is 4.79 Å². The first-order valence-electron chi connectivity index (χ1n) is 8.30. The van der Waals surface area contributed by atoms with Crippen molar-refractivity contribution in [2.45, 2.75) is 45.3 Å². The molecule has 1 aliphatic rings. The zero-order chi connectivity index (χ0) is 18.4. The molecular weight excluding hydrogens is 326 g/mol. The van der Waals surface area contributed by atoms with Gasteiger partial charge in [-0.05, 0) is 45.0 Å². The minimum Gasteiger partial charge on any atom is -0.546 e. The molecule has 0 unspecified atom stereocenters. The largest absolute Gasteiger partial charge is 0.546 e. The Hall–Kier alpha value is -2.44. The zero-order valence-electron chi connectivity index (χ0n) is 14.8. The molecule has 25 heavy (non-hydrogen) atoms. The molecule has 2 rings (SSSR count). The van der Waals surface area contributed by atoms with Gasteiger partial charge in [0, 0.05) is 25.9 Å². The molecule has 138 valence electrons. The zero-order valence-corrected chi connectivity index (χ0v) is 14.8. The van der Waals surface area contributed by atoms with E-state index in [1.54, 1.807) is 29.2 Å². The summed E-state index contributed by atoms with van der Waals surface area (Å²) in [5.74, 6) is -0.148. The number of piperidine rings is 1. The number of carbonyl (C=O) groups is 2. The average Bonchev–Trinajstić information content (AvgIpc) is 2.53. The van der Waals surface area contributed by atoms with Crippen LogP contribution in [0.1, 0.15) is 33.6 Å². The third kappa shape index (κ3) is 6.52. The molecule has 1 saturated heterocycles. The molecule has 0 saturated carbocycles. The molecule has 0 aromatic heterocycles. The van der Waals surface area contributed by atoms with Crippen LogP contribution in [0, 0.1) is 0 Å². The van der Waals surface area contributed by atoms with Gasteiger partial charge in [-0.1, -0.05) is 0 Å². The molecule has 0 N–H and O–H groups in total. The van der Waals surface area contributed by atoms with Crippen LogP contribution in [0.3, 0.4) is 0 Å². The van der Waals surface area contributed by atoms with Gasteiger partial charge in [0.25, 0.3) is 0 Å². The van der Waals surface area contributed by atoms with Crippen LogP contribution in [0.15, 0.2) is 24.3 Å². The number of ether oxygens (including phenoxy) is 3. The fraction of sp³-hybridized carbons (Fsp3) is 0.556. The standard InChI is InChI=1S/C18H25NO6/c1-18(2,3)25-17(22)19-10-8-15(9-11-19)24-14-6-4-13(5-7-14)23-12-16(20)21/h4-7,15H,8-12H2,1-3H3,(H,20,21)/p-1. The number of carbonyl (C=O) groups excluding carboxylic acids is 2. The van der Waals surface area contributed by atoms with Gasteiger partial charge in [0.15, 0.2) is 0 Å². The highest BCUT2D eigenvalue weighted by Crippen LogP contribution is 2.23. The van der Waals surface area contributed by atoms with E-state index in [1.807, 2.05) is 20.8 Å². The number of rotatable bonds is 5. The van der Waals surface area contributed by atoms with Crippen LogP contribution < -0.4 is 14.6 Å². The lowest BCUT2D eigenvalue weighted by Gasteiger charge is -2.33. The van der Waals surface area contributed by atoms with Crippen LogP contribution in [-0.2, 0) is 9.53 Å². The van der Waals surface area contributed by atoms with Gasteiger partial charge in [0.1, 0.15) is 29.8 Å². The van der Waals surface area contributed by atoms with Crippen molar-refractivity contribution in [2.24, 2.45) is 0 Å². The second kappa shape index (κ2) is 8.09. The highest BCUT2D eigenvalue weighted by Gasteiger charge is 2.27. The second-order valence-electron chi connectivity index (χ2n) is 6.92. The van der Waals surface area contributed by atoms with E-state index in [9.17, 15) is 14.7 Å². The van der Waals surface area contributed by atoms with Crippen LogP contribution in [-0.4, -0.2) is 48.4 Å². The normalized spacial score (nSPS) is 15.6. The van der Waals surface area contributed by atoms with E-state index in [4.69, 9.17) is 14.2 Å². The van der Waals surface area contributed by atoms with Crippen LogP contribution in [0.25, 0.3) is 0 Å². The van der Waals surface area contributed by atoms with Gasteiger partial charge in [-0.2, -0.15) is 0 Å². The molecule has 0 bridgehead atoms. The molecule has 0 atom stereocenters. The summed E-state index contributed by atoms with van der Waals surface area (Å²) in [6.45, 7) is 6.24. The predicted octanol–water partition coefficient (Wildman–Crippen LogP) is 1.59. The molecule has 1 fully saturated rings. The van der Waals surface area contributed by atoms with E-state index in [1.165, 1.54) is 0 Å². The quantitative estimate of drug-likeness (QED) is 0.801. The highest BCUT2D eigenvalue weighted by molar-refractivity contribution is 5.68. The first-order chi connectivity index (χ1) is 11.7. The van der Waals surface area contributed by atoms with Crippen molar-refractivity contribution in [1.29, 1.82) is 0 Å². The van der Waals surface area contributed by atoms with Crippen molar-refractivity contribution < 1.29 is 28.9 Å². The molecule has 1 aromatic carbocycles. The minimum atomic E-state index is -1.27.